The van der Waals surface area contributed by atoms with Gasteiger partial charge < -0.3 is 5.11 Å². The summed E-state index contributed by atoms with van der Waals surface area (Å²) in [6, 6.07) is 12.6. The van der Waals surface area contributed by atoms with Crippen LogP contribution in [0.15, 0.2) is 53.9 Å². The monoisotopic (exact) mass is 360 g/mol. The second kappa shape index (κ2) is 8.66. The van der Waals surface area contributed by atoms with Crippen LogP contribution >= 0.6 is 11.6 Å². The molecule has 0 fully saturated rings. The molecule has 0 bridgehead atoms. The fourth-order valence-corrected chi connectivity index (χ4v) is 3.02. The van der Waals surface area contributed by atoms with Gasteiger partial charge in [0.1, 0.15) is 0 Å². The van der Waals surface area contributed by atoms with E-state index >= 15 is 0 Å². The molecular formula is C16H14ClNaO4S. The first-order chi connectivity index (χ1) is 10.4. The molecule has 2 aromatic carbocycles. The number of carboxylic acid groups (broad SMARTS) is 1. The molecule has 4 nitrogen and oxygen atoms in total. The molecule has 0 amide bonds. The molecule has 0 aliphatic carbocycles. The molecule has 0 heterocycles. The van der Waals surface area contributed by atoms with E-state index in [-0.39, 0.29) is 40.9 Å². The zero-order chi connectivity index (χ0) is 16.2. The normalized spacial score (nSPS) is 11.2. The minimum atomic E-state index is -3.41. The second-order valence-corrected chi connectivity index (χ2v) is 6.99. The molecule has 0 unspecified atom stereocenters. The third kappa shape index (κ3) is 6.49. The van der Waals surface area contributed by atoms with Crippen molar-refractivity contribution in [3.05, 3.63) is 75.7 Å². The van der Waals surface area contributed by atoms with E-state index in [9.17, 15) is 13.2 Å². The molecule has 1 N–H and O–H groups in total. The van der Waals surface area contributed by atoms with Crippen molar-refractivity contribution in [2.24, 2.45) is 0 Å². The predicted molar refractivity (Wildman–Crippen MR) is 93.7 cm³/mol. The van der Waals surface area contributed by atoms with Gasteiger partial charge in [-0.15, -0.1) is 0 Å². The van der Waals surface area contributed by atoms with Crippen molar-refractivity contribution in [3.63, 3.8) is 0 Å². The Kier molecular flexibility index (Phi) is 7.51. The predicted octanol–water partition coefficient (Wildman–Crippen LogP) is 2.98. The summed E-state index contributed by atoms with van der Waals surface area (Å²) in [6.45, 7) is 0. The quantitative estimate of drug-likeness (QED) is 0.832. The van der Waals surface area contributed by atoms with E-state index in [1.54, 1.807) is 36.4 Å². The number of carbonyl (C=O) groups is 1. The molecule has 0 radical (unpaired) electrons. The Morgan fingerprint density at radius 2 is 1.61 bits per heavy atom. The van der Waals surface area contributed by atoms with Crippen molar-refractivity contribution in [3.8, 4) is 0 Å². The van der Waals surface area contributed by atoms with Gasteiger partial charge in [-0.1, -0.05) is 35.9 Å². The summed E-state index contributed by atoms with van der Waals surface area (Å²) in [5.74, 6) is -1.14. The topological polar surface area (TPSA) is 71.4 Å². The molecule has 0 atom stereocenters. The first-order valence-corrected chi connectivity index (χ1v) is 8.44. The average Bonchev–Trinajstić information content (AvgIpc) is 2.48. The number of halogens is 1. The average molecular weight is 361 g/mol. The van der Waals surface area contributed by atoms with Crippen LogP contribution in [0.5, 0.6) is 0 Å². The minimum absolute atomic E-state index is 0. The first-order valence-electron chi connectivity index (χ1n) is 6.34. The van der Waals surface area contributed by atoms with Crippen LogP contribution in [0.4, 0.5) is 0 Å². The SMILES string of the molecule is O=C(O)c1ccc(/C=C/S(=O)(=O)Cc2ccc(Cl)cc2)cc1.[NaH]. The number of hydrogen-bond donors (Lipinski definition) is 1. The number of carboxylic acids is 1. The Hall–Kier alpha value is -1.11. The summed E-state index contributed by atoms with van der Waals surface area (Å²) in [7, 11) is -3.41. The molecule has 0 saturated carbocycles. The van der Waals surface area contributed by atoms with Gasteiger partial charge >= 0.3 is 35.5 Å². The Labute approximate surface area is 162 Å². The van der Waals surface area contributed by atoms with Crippen LogP contribution < -0.4 is 0 Å². The van der Waals surface area contributed by atoms with Crippen molar-refractivity contribution < 1.29 is 18.3 Å². The number of aromatic carboxylic acids is 1. The Balaban J connectivity index is 0.00000264. The molecule has 2 rings (SSSR count). The van der Waals surface area contributed by atoms with E-state index in [1.165, 1.54) is 18.2 Å². The van der Waals surface area contributed by atoms with Gasteiger partial charge in [0, 0.05) is 10.4 Å². The first kappa shape index (κ1) is 19.9. The van der Waals surface area contributed by atoms with Gasteiger partial charge in [-0.3, -0.25) is 0 Å². The number of hydrogen-bond acceptors (Lipinski definition) is 3. The molecule has 23 heavy (non-hydrogen) atoms. The van der Waals surface area contributed by atoms with Gasteiger partial charge in [0.05, 0.1) is 11.3 Å². The third-order valence-electron chi connectivity index (χ3n) is 2.91. The maximum absolute atomic E-state index is 12.0. The van der Waals surface area contributed by atoms with Crippen LogP contribution in [0, 0.1) is 0 Å². The number of benzene rings is 2. The van der Waals surface area contributed by atoms with Gasteiger partial charge in [-0.05, 0) is 41.5 Å². The number of sulfone groups is 1. The van der Waals surface area contributed by atoms with E-state index in [2.05, 4.69) is 0 Å². The zero-order valence-electron chi connectivity index (χ0n) is 11.4. The van der Waals surface area contributed by atoms with Crippen molar-refractivity contribution >= 4 is 63.0 Å². The Bertz CT molecular complexity index is 797. The second-order valence-electron chi connectivity index (χ2n) is 4.66. The van der Waals surface area contributed by atoms with Crippen LogP contribution in [0.3, 0.4) is 0 Å². The van der Waals surface area contributed by atoms with Crippen molar-refractivity contribution in [2.45, 2.75) is 5.75 Å². The van der Waals surface area contributed by atoms with E-state index in [0.29, 0.717) is 16.1 Å². The van der Waals surface area contributed by atoms with E-state index in [1.807, 2.05) is 0 Å². The summed E-state index contributed by atoms with van der Waals surface area (Å²) in [5.41, 5.74) is 1.42. The molecular weight excluding hydrogens is 347 g/mol. The molecule has 7 heteroatoms. The van der Waals surface area contributed by atoms with Crippen LogP contribution in [0.2, 0.25) is 5.02 Å². The van der Waals surface area contributed by atoms with Crippen molar-refractivity contribution in [1.29, 1.82) is 0 Å². The summed E-state index contributed by atoms with van der Waals surface area (Å²) >= 11 is 5.75. The Morgan fingerprint density at radius 3 is 2.13 bits per heavy atom. The van der Waals surface area contributed by atoms with Gasteiger partial charge in [0.25, 0.3) is 0 Å². The summed E-state index contributed by atoms with van der Waals surface area (Å²) in [6.07, 6.45) is 1.44. The van der Waals surface area contributed by atoms with Gasteiger partial charge in [-0.25, -0.2) is 13.2 Å². The van der Waals surface area contributed by atoms with E-state index in [0.717, 1.165) is 5.41 Å². The Morgan fingerprint density at radius 1 is 1.04 bits per heavy atom. The molecule has 0 aliphatic rings. The van der Waals surface area contributed by atoms with Crippen LogP contribution in [0.1, 0.15) is 21.5 Å². The van der Waals surface area contributed by atoms with E-state index in [4.69, 9.17) is 16.7 Å². The molecule has 0 spiro atoms. The molecule has 116 valence electrons. The van der Waals surface area contributed by atoms with Crippen LogP contribution in [-0.2, 0) is 15.6 Å². The number of rotatable bonds is 5. The molecule has 0 aromatic heterocycles. The third-order valence-corrected chi connectivity index (χ3v) is 4.45. The standard InChI is InChI=1S/C16H13ClO4S.Na.H/c17-15-7-3-13(4-8-15)11-22(20,21)10-9-12-1-5-14(6-2-12)16(18)19;;/h1-10H,11H2,(H,18,19);;/b10-9+;;. The fraction of sp³-hybridized carbons (Fsp3) is 0.0625. The fourth-order valence-electron chi connectivity index (χ4n) is 1.78. The van der Waals surface area contributed by atoms with E-state index < -0.39 is 15.8 Å². The zero-order valence-corrected chi connectivity index (χ0v) is 13.0. The summed E-state index contributed by atoms with van der Waals surface area (Å²) in [5, 5.41) is 10.5. The van der Waals surface area contributed by atoms with Gasteiger partial charge in [-0.2, -0.15) is 0 Å². The van der Waals surface area contributed by atoms with Crippen LogP contribution in [-0.4, -0.2) is 49.1 Å². The molecule has 0 aliphatic heterocycles. The molecule has 0 saturated heterocycles. The summed E-state index contributed by atoms with van der Waals surface area (Å²) in [4.78, 5) is 10.7. The van der Waals surface area contributed by atoms with Crippen LogP contribution in [0.25, 0.3) is 6.08 Å². The summed E-state index contributed by atoms with van der Waals surface area (Å²) < 4.78 is 24.0. The maximum atomic E-state index is 12.0. The van der Waals surface area contributed by atoms with Gasteiger partial charge in [0.15, 0.2) is 9.84 Å². The van der Waals surface area contributed by atoms with Gasteiger partial charge in [0.2, 0.25) is 0 Å². The molecule has 2 aromatic rings. The van der Waals surface area contributed by atoms with Crippen molar-refractivity contribution in [1.82, 2.24) is 0 Å². The van der Waals surface area contributed by atoms with Crippen molar-refractivity contribution in [2.75, 3.05) is 0 Å².